The first-order chi connectivity index (χ1) is 42.1. The van der Waals surface area contributed by atoms with Crippen molar-refractivity contribution in [3.8, 4) is 0 Å². The molecule has 0 bridgehead atoms. The van der Waals surface area contributed by atoms with Gasteiger partial charge in [-0.25, -0.2) is 4.79 Å². The summed E-state index contributed by atoms with van der Waals surface area (Å²) in [5, 5.41) is 64.7. The van der Waals surface area contributed by atoms with E-state index >= 15 is 0 Å². The predicted octanol–water partition coefficient (Wildman–Crippen LogP) is -7.46. The second-order valence-corrected chi connectivity index (χ2v) is 22.4. The van der Waals surface area contributed by atoms with Crippen molar-refractivity contribution in [3.05, 3.63) is 35.9 Å². The summed E-state index contributed by atoms with van der Waals surface area (Å²) in [7, 11) is 0. The molecule has 0 aliphatic heterocycles. The summed E-state index contributed by atoms with van der Waals surface area (Å²) in [4.78, 5) is 198. The highest BCUT2D eigenvalue weighted by Crippen LogP contribution is 2.14. The monoisotopic (exact) mass is 1280 g/mol. The van der Waals surface area contributed by atoms with Crippen LogP contribution < -0.4 is 81.4 Å². The summed E-state index contributed by atoms with van der Waals surface area (Å²) in [6, 6.07) is -9.62. The third kappa shape index (κ3) is 29.0. The van der Waals surface area contributed by atoms with Crippen LogP contribution in [0.4, 0.5) is 0 Å². The van der Waals surface area contributed by atoms with Crippen molar-refractivity contribution in [3.63, 3.8) is 0 Å². The lowest BCUT2D eigenvalue weighted by Gasteiger charge is -2.30. The number of aliphatic hydroxyl groups excluding tert-OH is 3. The lowest BCUT2D eigenvalue weighted by molar-refractivity contribution is -0.143. The van der Waals surface area contributed by atoms with Crippen molar-refractivity contribution >= 4 is 88.7 Å². The Balaban J connectivity index is 3.62. The number of aliphatic hydroxyl groups is 3. The van der Waals surface area contributed by atoms with Gasteiger partial charge in [0.2, 0.25) is 82.7 Å². The third-order valence-corrected chi connectivity index (χ3v) is 13.7. The molecule has 90 heavy (non-hydrogen) atoms. The van der Waals surface area contributed by atoms with Gasteiger partial charge in [0.1, 0.15) is 66.5 Å². The number of primary amides is 3. The molecule has 0 aliphatic rings. The Hall–Kier alpha value is -8.89. The summed E-state index contributed by atoms with van der Waals surface area (Å²) in [6.45, 7) is 9.85. The summed E-state index contributed by atoms with van der Waals surface area (Å²) in [6.07, 6.45) is -4.70. The molecule has 0 saturated carbocycles. The SMILES string of the molecule is CC[C@H](C)[C@H](NC(=O)[C@H](CCC(N)=O)NC(=O)[C@H](CCC(N)=O)NC(=O)[C@H](CC(N)=O)NC(=O)[C@H](C)NC(=O)[C@H](CC(C)C)NC(=O)[C@@H](NC(=O)CN)[C@@H](C)O)C(=O)N[C@@H](Cc1ccccc1)C(=O)N[C@@H](CC(C)C)C(=O)N[C@@H](CO)C(=O)N[C@@H](CO)C(=O)O. The van der Waals surface area contributed by atoms with Crippen molar-refractivity contribution < 1.29 is 92.3 Å². The standard InChI is InChI=1S/C56H91N15O19/c1-9-28(6)44(54(87)67-36(21-31-13-11-10-12-14-31)51(84)65-35(20-27(4)5)50(83)68-38(24-72)53(86)69-39(25-73)56(89)90)71-48(81)33(16-18-41(59)76)62-47(80)32(15-17-40(58)75)63-52(85)37(22-42(60)77)64-46(79)29(7)61-49(82)34(19-26(2)3)66-55(88)45(30(8)74)70-43(78)23-57/h10-14,26-30,32-39,44-45,72-74H,9,15-25,57H2,1-8H3,(H2,58,75)(H2,59,76)(H2,60,77)(H,61,82)(H,62,80)(H,63,85)(H,64,79)(H,65,84)(H,66,88)(H,67,87)(H,68,83)(H,69,86)(H,70,78)(H,71,81)(H,89,90)/t28-,29-,30+,32-,33-,34-,35-,36-,37-,38-,39-,44-,45-/m0/s1. The van der Waals surface area contributed by atoms with Crippen molar-refractivity contribution in [1.29, 1.82) is 0 Å². The Morgan fingerprint density at radius 3 is 1.28 bits per heavy atom. The van der Waals surface area contributed by atoms with Gasteiger partial charge in [0.15, 0.2) is 0 Å². The van der Waals surface area contributed by atoms with Crippen LogP contribution in [-0.2, 0) is 78.3 Å². The summed E-state index contributed by atoms with van der Waals surface area (Å²) >= 11 is 0. The van der Waals surface area contributed by atoms with Gasteiger partial charge in [-0.2, -0.15) is 0 Å². The minimum Gasteiger partial charge on any atom is -0.480 e. The number of aliphatic carboxylic acids is 1. The minimum atomic E-state index is -1.89. The molecule has 0 spiro atoms. The first kappa shape index (κ1) is 79.1. The van der Waals surface area contributed by atoms with Crippen LogP contribution >= 0.6 is 0 Å². The molecule has 34 heteroatoms. The van der Waals surface area contributed by atoms with Crippen LogP contribution in [0.25, 0.3) is 0 Å². The largest absolute Gasteiger partial charge is 0.480 e. The number of amides is 14. The first-order valence-corrected chi connectivity index (χ1v) is 29.1. The second-order valence-electron chi connectivity index (χ2n) is 22.4. The van der Waals surface area contributed by atoms with E-state index in [0.717, 1.165) is 0 Å². The third-order valence-electron chi connectivity index (χ3n) is 13.7. The van der Waals surface area contributed by atoms with E-state index in [-0.39, 0.29) is 37.5 Å². The molecule has 0 aliphatic carbocycles. The molecule has 34 nitrogen and oxygen atoms in total. The maximum Gasteiger partial charge on any atom is 0.328 e. The fourth-order valence-corrected chi connectivity index (χ4v) is 8.52. The van der Waals surface area contributed by atoms with E-state index in [1.54, 1.807) is 71.9 Å². The van der Waals surface area contributed by atoms with E-state index < -0.39 is 219 Å². The number of nitrogens with two attached hydrogens (primary N) is 4. The average Bonchev–Trinajstić information content (AvgIpc) is 1.31. The Bertz CT molecular complexity index is 2660. The molecule has 0 radical (unpaired) electrons. The molecule has 1 rings (SSSR count). The summed E-state index contributed by atoms with van der Waals surface area (Å²) < 4.78 is 0. The van der Waals surface area contributed by atoms with Crippen LogP contribution in [-0.4, -0.2) is 201 Å². The number of nitrogens with one attached hydrogen (secondary N) is 11. The van der Waals surface area contributed by atoms with Crippen molar-refractivity contribution in [2.24, 2.45) is 40.7 Å². The predicted molar refractivity (Wildman–Crippen MR) is 319 cm³/mol. The second kappa shape index (κ2) is 39.9. The van der Waals surface area contributed by atoms with Crippen LogP contribution in [0.5, 0.6) is 0 Å². The van der Waals surface area contributed by atoms with Crippen LogP contribution in [0.1, 0.15) is 112 Å². The molecule has 0 saturated heterocycles. The molecule has 0 aromatic heterocycles. The van der Waals surface area contributed by atoms with Gasteiger partial charge in [-0.1, -0.05) is 78.3 Å². The van der Waals surface area contributed by atoms with Gasteiger partial charge in [0, 0.05) is 19.3 Å². The Kier molecular flexibility index (Phi) is 35.1. The molecule has 14 amide bonds. The van der Waals surface area contributed by atoms with Crippen LogP contribution in [0.2, 0.25) is 0 Å². The zero-order valence-electron chi connectivity index (χ0n) is 51.8. The van der Waals surface area contributed by atoms with Gasteiger partial charge in [-0.15, -0.1) is 0 Å². The zero-order chi connectivity index (χ0) is 68.7. The topological polar surface area (TPSA) is 573 Å². The van der Waals surface area contributed by atoms with Crippen molar-refractivity contribution in [2.75, 3.05) is 19.8 Å². The molecule has 13 atom stereocenters. The molecule has 0 heterocycles. The fourth-order valence-electron chi connectivity index (χ4n) is 8.52. The molecular formula is C56H91N15O19. The van der Waals surface area contributed by atoms with Crippen LogP contribution in [0, 0.1) is 17.8 Å². The lowest BCUT2D eigenvalue weighted by atomic mass is 9.96. The van der Waals surface area contributed by atoms with E-state index in [1.807, 2.05) is 5.32 Å². The van der Waals surface area contributed by atoms with Gasteiger partial charge >= 0.3 is 5.97 Å². The number of hydrogen-bond acceptors (Lipinski definition) is 19. The summed E-state index contributed by atoms with van der Waals surface area (Å²) in [5.41, 5.74) is 22.1. The maximum absolute atomic E-state index is 14.5. The van der Waals surface area contributed by atoms with Gasteiger partial charge in [-0.05, 0) is 62.8 Å². The molecule has 1 aromatic rings. The quantitative estimate of drug-likeness (QED) is 0.0289. The van der Waals surface area contributed by atoms with Gasteiger partial charge in [-0.3, -0.25) is 67.1 Å². The van der Waals surface area contributed by atoms with E-state index in [1.165, 1.54) is 13.8 Å². The lowest BCUT2D eigenvalue weighted by Crippen LogP contribution is -2.62. The average molecular weight is 1280 g/mol. The van der Waals surface area contributed by atoms with Crippen LogP contribution in [0.3, 0.4) is 0 Å². The molecule has 504 valence electrons. The number of rotatable bonds is 42. The first-order valence-electron chi connectivity index (χ1n) is 29.1. The Labute approximate surface area is 520 Å². The molecular weight excluding hydrogens is 1190 g/mol. The van der Waals surface area contributed by atoms with E-state index in [0.29, 0.717) is 5.56 Å². The van der Waals surface area contributed by atoms with Gasteiger partial charge in [0.05, 0.1) is 32.3 Å². The number of carbonyl (C=O) groups is 15. The smallest absolute Gasteiger partial charge is 0.328 e. The van der Waals surface area contributed by atoms with Gasteiger partial charge < -0.3 is 102 Å². The molecule has 23 N–H and O–H groups in total. The minimum absolute atomic E-state index is 0.0136. The van der Waals surface area contributed by atoms with Crippen molar-refractivity contribution in [1.82, 2.24) is 58.5 Å². The van der Waals surface area contributed by atoms with Gasteiger partial charge in [0.25, 0.3) is 0 Å². The highest BCUT2D eigenvalue weighted by Gasteiger charge is 2.38. The number of carboxylic acid groups (broad SMARTS) is 1. The Morgan fingerprint density at radius 2 is 0.833 bits per heavy atom. The highest BCUT2D eigenvalue weighted by atomic mass is 16.4. The maximum atomic E-state index is 14.5. The van der Waals surface area contributed by atoms with E-state index in [4.69, 9.17) is 22.9 Å². The zero-order valence-corrected chi connectivity index (χ0v) is 51.8. The number of hydrogen-bond donors (Lipinski definition) is 19. The van der Waals surface area contributed by atoms with E-state index in [9.17, 15) is 92.3 Å². The normalized spacial score (nSPS) is 15.4. The number of benzene rings is 1. The number of carboxylic acids is 1. The molecule has 0 fully saturated rings. The molecule has 0 unspecified atom stereocenters. The fraction of sp³-hybridized carbons (Fsp3) is 0.625. The molecule has 1 aromatic carbocycles. The van der Waals surface area contributed by atoms with E-state index in [2.05, 4.69) is 53.2 Å². The Morgan fingerprint density at radius 1 is 0.444 bits per heavy atom. The summed E-state index contributed by atoms with van der Waals surface area (Å²) in [5.74, 6) is -17.4. The highest BCUT2D eigenvalue weighted by molar-refractivity contribution is 6.00. The van der Waals surface area contributed by atoms with Crippen LogP contribution in [0.15, 0.2) is 30.3 Å². The van der Waals surface area contributed by atoms with Crippen molar-refractivity contribution in [2.45, 2.75) is 186 Å². The number of carbonyl (C=O) groups excluding carboxylic acids is 14.